The van der Waals surface area contributed by atoms with Crippen LogP contribution in [0, 0.1) is 6.92 Å². The molecule has 7 nitrogen and oxygen atoms in total. The maximum absolute atomic E-state index is 5.09. The minimum atomic E-state index is 0.400. The van der Waals surface area contributed by atoms with Gasteiger partial charge >= 0.3 is 0 Å². The Labute approximate surface area is 138 Å². The van der Waals surface area contributed by atoms with Crippen molar-refractivity contribution < 1.29 is 4.52 Å². The lowest BCUT2D eigenvalue weighted by molar-refractivity contribution is 0.147. The van der Waals surface area contributed by atoms with Gasteiger partial charge in [0.25, 0.3) is 0 Å². The Bertz CT molecular complexity index is 487. The predicted octanol–water partition coefficient (Wildman–Crippen LogP) is 1.70. The van der Waals surface area contributed by atoms with Gasteiger partial charge in [-0.15, -0.1) is 0 Å². The van der Waals surface area contributed by atoms with Crippen molar-refractivity contribution in [3.63, 3.8) is 0 Å². The molecule has 2 heterocycles. The van der Waals surface area contributed by atoms with E-state index >= 15 is 0 Å². The monoisotopic (exact) mass is 322 g/mol. The summed E-state index contributed by atoms with van der Waals surface area (Å²) in [6.07, 6.45) is 5.27. The SMILES string of the molecule is CCNC(=NCc1nc(C)no1)NCCN1CCCCC1CC. The molecule has 0 saturated carbocycles. The van der Waals surface area contributed by atoms with Gasteiger partial charge in [-0.3, -0.25) is 4.90 Å². The van der Waals surface area contributed by atoms with E-state index in [0.29, 0.717) is 18.3 Å². The van der Waals surface area contributed by atoms with E-state index in [0.717, 1.165) is 31.6 Å². The molecule has 130 valence electrons. The summed E-state index contributed by atoms with van der Waals surface area (Å²) in [5.74, 6) is 1.99. The number of piperidine rings is 1. The molecule has 2 N–H and O–H groups in total. The van der Waals surface area contributed by atoms with Gasteiger partial charge in [-0.1, -0.05) is 18.5 Å². The Morgan fingerprint density at radius 3 is 2.91 bits per heavy atom. The first-order valence-electron chi connectivity index (χ1n) is 8.78. The molecular formula is C16H30N6O. The van der Waals surface area contributed by atoms with Crippen LogP contribution < -0.4 is 10.6 Å². The van der Waals surface area contributed by atoms with Crippen LogP contribution in [0.4, 0.5) is 0 Å². The van der Waals surface area contributed by atoms with Crippen LogP contribution in [0.2, 0.25) is 0 Å². The number of aromatic nitrogens is 2. The summed E-state index contributed by atoms with van der Waals surface area (Å²) < 4.78 is 5.09. The summed E-state index contributed by atoms with van der Waals surface area (Å²) in [5.41, 5.74) is 0. The highest BCUT2D eigenvalue weighted by Crippen LogP contribution is 2.18. The lowest BCUT2D eigenvalue weighted by atomic mass is 10.0. The minimum Gasteiger partial charge on any atom is -0.357 e. The van der Waals surface area contributed by atoms with Gasteiger partial charge in [-0.25, -0.2) is 4.99 Å². The van der Waals surface area contributed by atoms with E-state index in [1.807, 2.05) is 6.92 Å². The van der Waals surface area contributed by atoms with E-state index in [-0.39, 0.29) is 0 Å². The number of hydrogen-bond acceptors (Lipinski definition) is 5. The van der Waals surface area contributed by atoms with Crippen molar-refractivity contribution in [2.45, 2.75) is 59.0 Å². The van der Waals surface area contributed by atoms with Gasteiger partial charge in [-0.05, 0) is 39.7 Å². The molecule has 1 aromatic heterocycles. The van der Waals surface area contributed by atoms with Gasteiger partial charge in [0, 0.05) is 25.7 Å². The number of likely N-dealkylation sites (tertiary alicyclic amines) is 1. The molecule has 1 aliphatic rings. The first kappa shape index (κ1) is 17.7. The maximum Gasteiger partial charge on any atom is 0.248 e. The molecule has 0 radical (unpaired) electrons. The van der Waals surface area contributed by atoms with Gasteiger partial charge in [0.05, 0.1) is 0 Å². The van der Waals surface area contributed by atoms with Crippen molar-refractivity contribution >= 4 is 5.96 Å². The Morgan fingerprint density at radius 2 is 2.22 bits per heavy atom. The molecule has 1 saturated heterocycles. The average molecular weight is 322 g/mol. The predicted molar refractivity (Wildman–Crippen MR) is 91.4 cm³/mol. The average Bonchev–Trinajstić information content (AvgIpc) is 2.98. The number of guanidine groups is 1. The Hall–Kier alpha value is -1.63. The minimum absolute atomic E-state index is 0.400. The van der Waals surface area contributed by atoms with Gasteiger partial charge < -0.3 is 15.2 Å². The highest BCUT2D eigenvalue weighted by Gasteiger charge is 2.19. The van der Waals surface area contributed by atoms with Crippen LogP contribution in [0.1, 0.15) is 51.2 Å². The molecule has 1 fully saturated rings. The number of nitrogens with zero attached hydrogens (tertiary/aromatic N) is 4. The molecule has 23 heavy (non-hydrogen) atoms. The molecule has 7 heteroatoms. The van der Waals surface area contributed by atoms with Crippen LogP contribution in [0.3, 0.4) is 0 Å². The summed E-state index contributed by atoms with van der Waals surface area (Å²) in [5, 5.41) is 10.4. The first-order chi connectivity index (χ1) is 11.2. The number of hydrogen-bond donors (Lipinski definition) is 2. The van der Waals surface area contributed by atoms with E-state index in [1.54, 1.807) is 0 Å². The summed E-state index contributed by atoms with van der Waals surface area (Å²) in [4.78, 5) is 11.3. The number of nitrogens with one attached hydrogen (secondary N) is 2. The number of rotatable bonds is 7. The van der Waals surface area contributed by atoms with Crippen molar-refractivity contribution in [1.29, 1.82) is 0 Å². The van der Waals surface area contributed by atoms with Crippen LogP contribution in [0.15, 0.2) is 9.52 Å². The molecule has 0 amide bonds. The zero-order valence-corrected chi connectivity index (χ0v) is 14.6. The third kappa shape index (κ3) is 5.82. The van der Waals surface area contributed by atoms with Gasteiger partial charge in [-0.2, -0.15) is 4.98 Å². The smallest absolute Gasteiger partial charge is 0.248 e. The fourth-order valence-electron chi connectivity index (χ4n) is 3.03. The van der Waals surface area contributed by atoms with E-state index < -0.39 is 0 Å². The van der Waals surface area contributed by atoms with E-state index in [2.05, 4.69) is 44.5 Å². The third-order valence-electron chi connectivity index (χ3n) is 4.20. The summed E-state index contributed by atoms with van der Waals surface area (Å²) in [7, 11) is 0. The van der Waals surface area contributed by atoms with Crippen molar-refractivity contribution in [1.82, 2.24) is 25.7 Å². The second kappa shape index (κ2) is 9.50. The third-order valence-corrected chi connectivity index (χ3v) is 4.20. The van der Waals surface area contributed by atoms with Crippen LogP contribution in [-0.4, -0.2) is 53.2 Å². The first-order valence-corrected chi connectivity index (χ1v) is 8.78. The summed E-state index contributed by atoms with van der Waals surface area (Å²) >= 11 is 0. The Morgan fingerprint density at radius 1 is 1.35 bits per heavy atom. The second-order valence-electron chi connectivity index (χ2n) is 5.95. The van der Waals surface area contributed by atoms with Crippen molar-refractivity contribution in [2.24, 2.45) is 4.99 Å². The van der Waals surface area contributed by atoms with Crippen LogP contribution in [0.25, 0.3) is 0 Å². The molecule has 2 rings (SSSR count). The molecule has 1 aliphatic heterocycles. The second-order valence-corrected chi connectivity index (χ2v) is 5.95. The maximum atomic E-state index is 5.09. The molecule has 0 aliphatic carbocycles. The molecule has 1 unspecified atom stereocenters. The molecule has 0 aromatic carbocycles. The zero-order chi connectivity index (χ0) is 16.5. The zero-order valence-electron chi connectivity index (χ0n) is 14.6. The van der Waals surface area contributed by atoms with Crippen molar-refractivity contribution in [3.05, 3.63) is 11.7 Å². The fourth-order valence-corrected chi connectivity index (χ4v) is 3.03. The highest BCUT2D eigenvalue weighted by atomic mass is 16.5. The van der Waals surface area contributed by atoms with Gasteiger partial charge in [0.2, 0.25) is 5.89 Å². The summed E-state index contributed by atoms with van der Waals surface area (Å²) in [6, 6.07) is 0.742. The van der Waals surface area contributed by atoms with Crippen LogP contribution in [-0.2, 0) is 6.54 Å². The molecular weight excluding hydrogens is 292 g/mol. The van der Waals surface area contributed by atoms with E-state index in [1.165, 1.54) is 32.2 Å². The number of aliphatic imine (C=N–C) groups is 1. The topological polar surface area (TPSA) is 78.6 Å². The van der Waals surface area contributed by atoms with Crippen molar-refractivity contribution in [2.75, 3.05) is 26.2 Å². The van der Waals surface area contributed by atoms with Crippen molar-refractivity contribution in [3.8, 4) is 0 Å². The highest BCUT2D eigenvalue weighted by molar-refractivity contribution is 5.79. The Kier molecular flexibility index (Phi) is 7.32. The van der Waals surface area contributed by atoms with Gasteiger partial charge in [0.15, 0.2) is 11.8 Å². The fraction of sp³-hybridized carbons (Fsp3) is 0.812. The lowest BCUT2D eigenvalue weighted by Crippen LogP contribution is -2.45. The number of aryl methyl sites for hydroxylation is 1. The van der Waals surface area contributed by atoms with E-state index in [4.69, 9.17) is 4.52 Å². The molecule has 0 spiro atoms. The van der Waals surface area contributed by atoms with E-state index in [9.17, 15) is 0 Å². The standard InChI is InChI=1S/C16H30N6O/c1-4-14-8-6-7-10-22(14)11-9-18-16(17-5-2)19-12-15-20-13(3)21-23-15/h14H,4-12H2,1-3H3,(H2,17,18,19). The molecule has 1 atom stereocenters. The molecule has 1 aromatic rings. The Balaban J connectivity index is 1.79. The summed E-state index contributed by atoms with van der Waals surface area (Å²) in [6.45, 7) is 10.6. The lowest BCUT2D eigenvalue weighted by Gasteiger charge is -2.35. The van der Waals surface area contributed by atoms with Crippen LogP contribution >= 0.6 is 0 Å². The normalized spacial score (nSPS) is 19.8. The van der Waals surface area contributed by atoms with Gasteiger partial charge in [0.1, 0.15) is 6.54 Å². The largest absolute Gasteiger partial charge is 0.357 e. The van der Waals surface area contributed by atoms with Crippen LogP contribution in [0.5, 0.6) is 0 Å². The molecule has 0 bridgehead atoms. The quantitative estimate of drug-likeness (QED) is 0.587.